The van der Waals surface area contributed by atoms with Crippen LogP contribution in [0.5, 0.6) is 0 Å². The van der Waals surface area contributed by atoms with E-state index in [1.54, 1.807) is 47.5 Å². The molecule has 9 heteroatoms. The van der Waals surface area contributed by atoms with Crippen molar-refractivity contribution in [3.63, 3.8) is 0 Å². The summed E-state index contributed by atoms with van der Waals surface area (Å²) in [6, 6.07) is 10.1. The average Bonchev–Trinajstić information content (AvgIpc) is 2.72. The number of hydrogen-bond acceptors (Lipinski definition) is 5. The molecule has 1 aliphatic heterocycles. The van der Waals surface area contributed by atoms with Crippen molar-refractivity contribution >= 4 is 35.0 Å². The number of carbonyl (C=O) groups is 2. The summed E-state index contributed by atoms with van der Waals surface area (Å²) in [6.45, 7) is 6.72. The number of nitrogens with zero attached hydrogens (tertiary/aromatic N) is 2. The van der Waals surface area contributed by atoms with Gasteiger partial charge in [0.25, 0.3) is 5.91 Å². The largest absolute Gasteiger partial charge is 0.365 e. The standard InChI is InChI=1S/C22H28ClN5O3/c1-22(2,3)31-27-21(30)28-12-6-9-17(14-28)25-19-18(10-5-11-24-19)20(29)26-16-8-4-7-15(23)13-16/h4-5,7-8,10-11,13,17H,6,9,12,14H2,1-3H3,(H,24,25)(H,26,29)(H,27,30). The van der Waals surface area contributed by atoms with Crippen molar-refractivity contribution in [2.75, 3.05) is 23.7 Å². The van der Waals surface area contributed by atoms with Gasteiger partial charge in [-0.05, 0) is 63.9 Å². The van der Waals surface area contributed by atoms with Crippen LogP contribution in [0.2, 0.25) is 5.02 Å². The highest BCUT2D eigenvalue weighted by atomic mass is 35.5. The number of hydrogen-bond donors (Lipinski definition) is 3. The third-order valence-electron chi connectivity index (χ3n) is 4.63. The molecule has 1 atom stereocenters. The van der Waals surface area contributed by atoms with Crippen LogP contribution in [0.25, 0.3) is 0 Å². The van der Waals surface area contributed by atoms with Crippen LogP contribution in [0.3, 0.4) is 0 Å². The highest BCUT2D eigenvalue weighted by Crippen LogP contribution is 2.21. The van der Waals surface area contributed by atoms with Crippen molar-refractivity contribution in [3.05, 3.63) is 53.2 Å². The molecule has 31 heavy (non-hydrogen) atoms. The summed E-state index contributed by atoms with van der Waals surface area (Å²) in [5.74, 6) is 0.182. The van der Waals surface area contributed by atoms with Gasteiger partial charge in [0.2, 0.25) is 0 Å². The van der Waals surface area contributed by atoms with Crippen LogP contribution >= 0.6 is 11.6 Å². The number of nitrogens with one attached hydrogen (secondary N) is 3. The van der Waals surface area contributed by atoms with Crippen molar-refractivity contribution in [2.24, 2.45) is 0 Å². The summed E-state index contributed by atoms with van der Waals surface area (Å²) in [5, 5.41) is 6.70. The minimum absolute atomic E-state index is 0.0400. The van der Waals surface area contributed by atoms with Gasteiger partial charge >= 0.3 is 6.03 Å². The summed E-state index contributed by atoms with van der Waals surface area (Å²) in [4.78, 5) is 36.7. The molecule has 0 spiro atoms. The Kier molecular flexibility index (Phi) is 7.35. The minimum atomic E-state index is -0.470. The maximum absolute atomic E-state index is 12.8. The molecule has 1 aliphatic rings. The number of piperidine rings is 1. The number of urea groups is 1. The molecule has 1 aromatic carbocycles. The number of likely N-dealkylation sites (tertiary alicyclic amines) is 1. The zero-order valence-corrected chi connectivity index (χ0v) is 18.7. The molecule has 1 saturated heterocycles. The van der Waals surface area contributed by atoms with Crippen LogP contribution in [-0.2, 0) is 4.84 Å². The van der Waals surface area contributed by atoms with E-state index < -0.39 is 5.60 Å². The molecule has 166 valence electrons. The van der Waals surface area contributed by atoms with Gasteiger partial charge in [0.05, 0.1) is 11.2 Å². The van der Waals surface area contributed by atoms with E-state index in [2.05, 4.69) is 21.1 Å². The predicted molar refractivity (Wildman–Crippen MR) is 121 cm³/mol. The van der Waals surface area contributed by atoms with Crippen LogP contribution in [0.1, 0.15) is 44.0 Å². The lowest BCUT2D eigenvalue weighted by atomic mass is 10.1. The minimum Gasteiger partial charge on any atom is -0.365 e. The number of benzene rings is 1. The van der Waals surface area contributed by atoms with Gasteiger partial charge in [0.1, 0.15) is 5.82 Å². The number of halogens is 1. The van der Waals surface area contributed by atoms with E-state index >= 15 is 0 Å². The first-order valence-corrected chi connectivity index (χ1v) is 10.6. The summed E-state index contributed by atoms with van der Waals surface area (Å²) in [5.41, 5.74) is 3.06. The van der Waals surface area contributed by atoms with Gasteiger partial charge < -0.3 is 15.5 Å². The number of pyridine rings is 1. The number of carbonyl (C=O) groups excluding carboxylic acids is 2. The number of hydroxylamine groups is 1. The van der Waals surface area contributed by atoms with Crippen LogP contribution in [-0.4, -0.2) is 46.6 Å². The summed E-state index contributed by atoms with van der Waals surface area (Å²) < 4.78 is 0. The van der Waals surface area contributed by atoms with Gasteiger partial charge in [-0.3, -0.25) is 9.63 Å². The van der Waals surface area contributed by atoms with Gasteiger partial charge in [-0.1, -0.05) is 17.7 Å². The van der Waals surface area contributed by atoms with Crippen molar-refractivity contribution in [2.45, 2.75) is 45.3 Å². The predicted octanol–water partition coefficient (Wildman–Crippen LogP) is 4.30. The first-order valence-electron chi connectivity index (χ1n) is 10.2. The first-order chi connectivity index (χ1) is 14.7. The topological polar surface area (TPSA) is 95.6 Å². The number of amides is 3. The summed E-state index contributed by atoms with van der Waals surface area (Å²) >= 11 is 6.00. The zero-order chi connectivity index (χ0) is 22.4. The van der Waals surface area contributed by atoms with Gasteiger partial charge in [-0.2, -0.15) is 0 Å². The molecular weight excluding hydrogens is 418 g/mol. The molecule has 2 heterocycles. The lowest BCUT2D eigenvalue weighted by molar-refractivity contribution is -0.0591. The van der Waals surface area contributed by atoms with E-state index in [4.69, 9.17) is 16.4 Å². The fourth-order valence-electron chi connectivity index (χ4n) is 3.20. The first kappa shape index (κ1) is 22.8. The molecule has 0 saturated carbocycles. The van der Waals surface area contributed by atoms with E-state index in [1.807, 2.05) is 20.8 Å². The Balaban J connectivity index is 1.64. The van der Waals surface area contributed by atoms with E-state index in [0.29, 0.717) is 35.2 Å². The van der Waals surface area contributed by atoms with Crippen molar-refractivity contribution < 1.29 is 14.4 Å². The molecule has 1 fully saturated rings. The molecule has 0 radical (unpaired) electrons. The maximum atomic E-state index is 12.8. The molecule has 3 amide bonds. The second kappa shape index (κ2) is 9.98. The summed E-state index contributed by atoms with van der Waals surface area (Å²) in [6.07, 6.45) is 3.32. The molecular formula is C22H28ClN5O3. The Bertz CT molecular complexity index is 931. The van der Waals surface area contributed by atoms with Crippen LogP contribution in [0.4, 0.5) is 16.3 Å². The van der Waals surface area contributed by atoms with E-state index in [0.717, 1.165) is 12.8 Å². The van der Waals surface area contributed by atoms with Crippen LogP contribution < -0.4 is 16.1 Å². The highest BCUT2D eigenvalue weighted by Gasteiger charge is 2.26. The van der Waals surface area contributed by atoms with Crippen LogP contribution in [0, 0.1) is 0 Å². The molecule has 3 rings (SSSR count). The van der Waals surface area contributed by atoms with Gasteiger partial charge in [-0.15, -0.1) is 0 Å². The van der Waals surface area contributed by atoms with Gasteiger partial charge in [0.15, 0.2) is 0 Å². The normalized spacial score (nSPS) is 16.5. The molecule has 1 unspecified atom stereocenters. The zero-order valence-electron chi connectivity index (χ0n) is 17.9. The average molecular weight is 446 g/mol. The molecule has 3 N–H and O–H groups in total. The number of aromatic nitrogens is 1. The molecule has 1 aromatic heterocycles. The summed E-state index contributed by atoms with van der Waals surface area (Å²) in [7, 11) is 0. The Morgan fingerprint density at radius 2 is 2.03 bits per heavy atom. The fourth-order valence-corrected chi connectivity index (χ4v) is 3.39. The van der Waals surface area contributed by atoms with E-state index in [1.165, 1.54) is 0 Å². The lowest BCUT2D eigenvalue weighted by Crippen LogP contribution is -2.50. The molecule has 0 aliphatic carbocycles. The maximum Gasteiger partial charge on any atom is 0.341 e. The van der Waals surface area contributed by atoms with Crippen molar-refractivity contribution in [3.8, 4) is 0 Å². The smallest absolute Gasteiger partial charge is 0.341 e. The SMILES string of the molecule is CC(C)(C)ONC(=O)N1CCCC(Nc2ncccc2C(=O)Nc2cccc(Cl)c2)C1. The molecule has 2 aromatic rings. The molecule has 8 nitrogen and oxygen atoms in total. The fraction of sp³-hybridized carbons (Fsp3) is 0.409. The van der Waals surface area contributed by atoms with Gasteiger partial charge in [0, 0.05) is 36.0 Å². The second-order valence-electron chi connectivity index (χ2n) is 8.42. The Morgan fingerprint density at radius 3 is 2.77 bits per heavy atom. The highest BCUT2D eigenvalue weighted by molar-refractivity contribution is 6.31. The quantitative estimate of drug-likeness (QED) is 0.596. The Labute approximate surface area is 187 Å². The molecule has 0 bridgehead atoms. The Hall–Kier alpha value is -2.84. The van der Waals surface area contributed by atoms with Crippen molar-refractivity contribution in [1.29, 1.82) is 0 Å². The Morgan fingerprint density at radius 1 is 1.23 bits per heavy atom. The van der Waals surface area contributed by atoms with Crippen molar-refractivity contribution in [1.82, 2.24) is 15.4 Å². The van der Waals surface area contributed by atoms with Gasteiger partial charge in [-0.25, -0.2) is 15.3 Å². The number of rotatable bonds is 5. The third-order valence-corrected chi connectivity index (χ3v) is 4.86. The van der Waals surface area contributed by atoms with E-state index in [9.17, 15) is 9.59 Å². The second-order valence-corrected chi connectivity index (χ2v) is 8.85. The number of anilines is 2. The van der Waals surface area contributed by atoms with E-state index in [-0.39, 0.29) is 18.0 Å². The monoisotopic (exact) mass is 445 g/mol. The lowest BCUT2D eigenvalue weighted by Gasteiger charge is -2.34. The third kappa shape index (κ3) is 6.83. The van der Waals surface area contributed by atoms with Crippen LogP contribution in [0.15, 0.2) is 42.6 Å².